The van der Waals surface area contributed by atoms with E-state index in [0.717, 1.165) is 34.0 Å². The number of hydrogen-bond acceptors (Lipinski definition) is 4. The second-order valence-corrected chi connectivity index (χ2v) is 8.61. The van der Waals surface area contributed by atoms with E-state index < -0.39 is 10.0 Å². The number of ether oxygens (including phenoxy) is 1. The van der Waals surface area contributed by atoms with Gasteiger partial charge in [-0.3, -0.25) is 4.79 Å². The summed E-state index contributed by atoms with van der Waals surface area (Å²) in [5, 5.41) is 2.78. The van der Waals surface area contributed by atoms with Crippen molar-refractivity contribution in [1.29, 1.82) is 0 Å². The molecule has 2 aromatic rings. The van der Waals surface area contributed by atoms with Gasteiger partial charge in [-0.05, 0) is 50.5 Å². The van der Waals surface area contributed by atoms with Crippen LogP contribution in [0.4, 0.5) is 0 Å². The average molecular weight is 405 g/mol. The molecule has 0 aliphatic rings. The van der Waals surface area contributed by atoms with Crippen molar-refractivity contribution in [1.82, 2.24) is 9.62 Å². The Morgan fingerprint density at radius 2 is 1.79 bits per heavy atom. The summed E-state index contributed by atoms with van der Waals surface area (Å²) in [6.45, 7) is 4.69. The first-order valence-electron chi connectivity index (χ1n) is 9.35. The molecule has 0 atom stereocenters. The first-order chi connectivity index (χ1) is 13.3. The Morgan fingerprint density at radius 1 is 1.11 bits per heavy atom. The fraction of sp³-hybridized carbons (Fsp3) is 0.381. The smallest absolute Gasteiger partial charge is 0.243 e. The topological polar surface area (TPSA) is 75.7 Å². The molecule has 7 heteroatoms. The van der Waals surface area contributed by atoms with Crippen LogP contribution in [0.1, 0.15) is 24.5 Å². The molecule has 0 aromatic heterocycles. The van der Waals surface area contributed by atoms with Crippen molar-refractivity contribution in [2.45, 2.75) is 31.6 Å². The molecule has 0 radical (unpaired) electrons. The Hall–Kier alpha value is -2.38. The van der Waals surface area contributed by atoms with Gasteiger partial charge in [0.2, 0.25) is 15.9 Å². The predicted octanol–water partition coefficient (Wildman–Crippen LogP) is 2.76. The van der Waals surface area contributed by atoms with Crippen LogP contribution in [0, 0.1) is 6.92 Å². The number of nitrogens with zero attached hydrogens (tertiary/aromatic N) is 1. The fourth-order valence-corrected chi connectivity index (χ4v) is 3.87. The quantitative estimate of drug-likeness (QED) is 0.618. The monoisotopic (exact) mass is 404 g/mol. The molecule has 0 spiro atoms. The molecular formula is C21H28N2O4S. The second kappa shape index (κ2) is 10.2. The minimum absolute atomic E-state index is 0.181. The zero-order valence-electron chi connectivity index (χ0n) is 16.6. The molecule has 28 heavy (non-hydrogen) atoms. The third-order valence-corrected chi connectivity index (χ3v) is 6.13. The van der Waals surface area contributed by atoms with Gasteiger partial charge in [-0.1, -0.05) is 35.9 Å². The van der Waals surface area contributed by atoms with Crippen LogP contribution in [0.2, 0.25) is 0 Å². The maximum atomic E-state index is 12.5. The van der Waals surface area contributed by atoms with E-state index >= 15 is 0 Å². The molecule has 0 aliphatic carbocycles. The standard InChI is InChI=1S/C21H28N2O4S/c1-4-27-20-10-6-5-8-18(20)9-7-15-22-21(24)16-23(3)28(25,26)19-13-11-17(2)12-14-19/h5-6,8,10-14H,4,7,9,15-16H2,1-3H3,(H,22,24). The Bertz CT molecular complexity index is 880. The molecule has 1 N–H and O–H groups in total. The highest BCUT2D eigenvalue weighted by atomic mass is 32.2. The number of aryl methyl sites for hydroxylation is 2. The molecule has 2 aromatic carbocycles. The number of carbonyl (C=O) groups excluding carboxylic acids is 1. The molecule has 0 heterocycles. The van der Waals surface area contributed by atoms with E-state index in [9.17, 15) is 13.2 Å². The maximum absolute atomic E-state index is 12.5. The average Bonchev–Trinajstić information content (AvgIpc) is 2.67. The van der Waals surface area contributed by atoms with Crippen molar-refractivity contribution < 1.29 is 17.9 Å². The summed E-state index contributed by atoms with van der Waals surface area (Å²) in [6, 6.07) is 14.4. The van der Waals surface area contributed by atoms with Crippen LogP contribution < -0.4 is 10.1 Å². The summed E-state index contributed by atoms with van der Waals surface area (Å²) in [6.07, 6.45) is 1.51. The maximum Gasteiger partial charge on any atom is 0.243 e. The van der Waals surface area contributed by atoms with Crippen LogP contribution in [0.3, 0.4) is 0 Å². The fourth-order valence-electron chi connectivity index (χ4n) is 2.75. The lowest BCUT2D eigenvalue weighted by Crippen LogP contribution is -2.38. The number of para-hydroxylation sites is 1. The van der Waals surface area contributed by atoms with Crippen LogP contribution in [0.5, 0.6) is 5.75 Å². The summed E-state index contributed by atoms with van der Waals surface area (Å²) >= 11 is 0. The largest absolute Gasteiger partial charge is 0.494 e. The van der Waals surface area contributed by atoms with E-state index in [1.165, 1.54) is 7.05 Å². The molecule has 152 valence electrons. The lowest BCUT2D eigenvalue weighted by Gasteiger charge is -2.17. The number of sulfonamides is 1. The van der Waals surface area contributed by atoms with Crippen molar-refractivity contribution in [2.75, 3.05) is 26.7 Å². The SMILES string of the molecule is CCOc1ccccc1CCCNC(=O)CN(C)S(=O)(=O)c1ccc(C)cc1. The van der Waals surface area contributed by atoms with Gasteiger partial charge in [0.15, 0.2) is 0 Å². The van der Waals surface area contributed by atoms with Crippen LogP contribution in [0.25, 0.3) is 0 Å². The molecule has 1 amide bonds. The Labute approximate surface area is 167 Å². The molecular weight excluding hydrogens is 376 g/mol. The number of rotatable bonds is 10. The van der Waals surface area contributed by atoms with E-state index in [1.807, 2.05) is 38.1 Å². The summed E-state index contributed by atoms with van der Waals surface area (Å²) in [5.41, 5.74) is 2.07. The van der Waals surface area contributed by atoms with Gasteiger partial charge in [-0.25, -0.2) is 8.42 Å². The van der Waals surface area contributed by atoms with Crippen molar-refractivity contribution in [3.05, 3.63) is 59.7 Å². The molecule has 0 saturated heterocycles. The molecule has 0 unspecified atom stereocenters. The molecule has 0 fully saturated rings. The van der Waals surface area contributed by atoms with Gasteiger partial charge < -0.3 is 10.1 Å². The first-order valence-corrected chi connectivity index (χ1v) is 10.8. The van der Waals surface area contributed by atoms with E-state index in [0.29, 0.717) is 13.2 Å². The van der Waals surface area contributed by atoms with Crippen molar-refractivity contribution in [3.63, 3.8) is 0 Å². The third kappa shape index (κ3) is 6.07. The first kappa shape index (κ1) is 21.9. The second-order valence-electron chi connectivity index (χ2n) is 6.57. The molecule has 0 saturated carbocycles. The summed E-state index contributed by atoms with van der Waals surface area (Å²) in [5.74, 6) is 0.538. The number of likely N-dealkylation sites (N-methyl/N-ethyl adjacent to an activating group) is 1. The lowest BCUT2D eigenvalue weighted by molar-refractivity contribution is -0.121. The molecule has 2 rings (SSSR count). The van der Waals surface area contributed by atoms with Gasteiger partial charge in [0.1, 0.15) is 5.75 Å². The van der Waals surface area contributed by atoms with Gasteiger partial charge in [-0.2, -0.15) is 4.31 Å². The highest BCUT2D eigenvalue weighted by Gasteiger charge is 2.22. The molecule has 0 bridgehead atoms. The number of carbonyl (C=O) groups is 1. The van der Waals surface area contributed by atoms with Crippen LogP contribution >= 0.6 is 0 Å². The number of nitrogens with one attached hydrogen (secondary N) is 1. The Morgan fingerprint density at radius 3 is 2.46 bits per heavy atom. The number of benzene rings is 2. The van der Waals surface area contributed by atoms with E-state index in [-0.39, 0.29) is 17.3 Å². The summed E-state index contributed by atoms with van der Waals surface area (Å²) in [4.78, 5) is 12.3. The third-order valence-electron chi connectivity index (χ3n) is 4.31. The van der Waals surface area contributed by atoms with Crippen molar-refractivity contribution in [3.8, 4) is 5.75 Å². The van der Waals surface area contributed by atoms with Gasteiger partial charge >= 0.3 is 0 Å². The minimum Gasteiger partial charge on any atom is -0.494 e. The van der Waals surface area contributed by atoms with Gasteiger partial charge in [0.25, 0.3) is 0 Å². The Balaban J connectivity index is 1.81. The van der Waals surface area contributed by atoms with E-state index in [4.69, 9.17) is 4.74 Å². The van der Waals surface area contributed by atoms with Gasteiger partial charge in [0.05, 0.1) is 18.0 Å². The molecule has 0 aliphatic heterocycles. The normalized spacial score (nSPS) is 11.4. The zero-order valence-corrected chi connectivity index (χ0v) is 17.5. The van der Waals surface area contributed by atoms with E-state index in [2.05, 4.69) is 5.32 Å². The van der Waals surface area contributed by atoms with Gasteiger partial charge in [0, 0.05) is 13.6 Å². The highest BCUT2D eigenvalue weighted by Crippen LogP contribution is 2.19. The summed E-state index contributed by atoms with van der Waals surface area (Å²) < 4.78 is 31.7. The van der Waals surface area contributed by atoms with Crippen molar-refractivity contribution in [2.24, 2.45) is 0 Å². The minimum atomic E-state index is -3.68. The zero-order chi connectivity index (χ0) is 20.6. The highest BCUT2D eigenvalue weighted by molar-refractivity contribution is 7.89. The molecule has 6 nitrogen and oxygen atoms in total. The van der Waals surface area contributed by atoms with Crippen LogP contribution in [-0.4, -0.2) is 45.4 Å². The van der Waals surface area contributed by atoms with Gasteiger partial charge in [-0.15, -0.1) is 0 Å². The lowest BCUT2D eigenvalue weighted by atomic mass is 10.1. The summed E-state index contributed by atoms with van der Waals surface area (Å²) in [7, 11) is -2.27. The van der Waals surface area contributed by atoms with Crippen LogP contribution in [-0.2, 0) is 21.2 Å². The van der Waals surface area contributed by atoms with E-state index in [1.54, 1.807) is 24.3 Å². The predicted molar refractivity (Wildman–Crippen MR) is 110 cm³/mol. The Kier molecular flexibility index (Phi) is 8.02. The number of hydrogen-bond donors (Lipinski definition) is 1. The van der Waals surface area contributed by atoms with Crippen LogP contribution in [0.15, 0.2) is 53.4 Å². The van der Waals surface area contributed by atoms with Crippen molar-refractivity contribution >= 4 is 15.9 Å². The number of amides is 1.